The van der Waals surface area contributed by atoms with Crippen molar-refractivity contribution in [1.82, 2.24) is 0 Å². The summed E-state index contributed by atoms with van der Waals surface area (Å²) in [5.41, 5.74) is 0. The zero-order valence-electron chi connectivity index (χ0n) is 14.8. The van der Waals surface area contributed by atoms with Gasteiger partial charge in [-0.05, 0) is 0 Å². The SMILES string of the molecule is O=C(OC(F)(F)C(F)(F)C(F)(F)C(F)(F)C(F)(F)C(F)(F)C(F)(F)CCC(F)(F)F)C(Cl)(Cl)Cl. The van der Waals surface area contributed by atoms with E-state index in [1.807, 2.05) is 0 Å². The second kappa shape index (κ2) is 8.92. The Kier molecular flexibility index (Phi) is 8.69. The lowest BCUT2D eigenvalue weighted by atomic mass is 9.89. The number of ether oxygens (including phenoxy) is 1. The van der Waals surface area contributed by atoms with Crippen LogP contribution in [-0.4, -0.2) is 57.6 Å². The van der Waals surface area contributed by atoms with Crippen molar-refractivity contribution in [2.75, 3.05) is 0 Å². The quantitative estimate of drug-likeness (QED) is 0.153. The Morgan fingerprint density at radius 3 is 1.18 bits per heavy atom. The number of carbonyl (C=O) groups excluding carboxylic acids is 1. The minimum absolute atomic E-state index is 2.25. The van der Waals surface area contributed by atoms with Gasteiger partial charge in [-0.25, -0.2) is 4.79 Å². The van der Waals surface area contributed by atoms with E-state index in [9.17, 15) is 79.4 Å². The molecular formula is C12H4Cl3F17O2. The summed E-state index contributed by atoms with van der Waals surface area (Å²) in [5, 5.41) is 0. The summed E-state index contributed by atoms with van der Waals surface area (Å²) in [5.74, 6) is -51.7. The summed E-state index contributed by atoms with van der Waals surface area (Å²) in [7, 11) is 0. The van der Waals surface area contributed by atoms with Crippen LogP contribution < -0.4 is 0 Å². The Balaban J connectivity index is 6.51. The number of rotatable bonds is 9. The van der Waals surface area contributed by atoms with Crippen LogP contribution in [0.5, 0.6) is 0 Å². The summed E-state index contributed by atoms with van der Waals surface area (Å²) in [4.78, 5) is 10.8. The largest absolute Gasteiger partial charge is 0.473 e. The number of carbonyl (C=O) groups is 1. The van der Waals surface area contributed by atoms with Gasteiger partial charge < -0.3 is 4.74 Å². The van der Waals surface area contributed by atoms with Crippen molar-refractivity contribution in [2.24, 2.45) is 0 Å². The molecule has 0 rings (SSSR count). The molecule has 0 fully saturated rings. The minimum Gasteiger partial charge on any atom is -0.393 e. The Morgan fingerprint density at radius 1 is 0.529 bits per heavy atom. The van der Waals surface area contributed by atoms with Crippen LogP contribution in [0.2, 0.25) is 0 Å². The Morgan fingerprint density at radius 2 is 0.853 bits per heavy atom. The highest BCUT2D eigenvalue weighted by molar-refractivity contribution is 6.75. The van der Waals surface area contributed by atoms with Gasteiger partial charge in [0, 0.05) is 12.8 Å². The van der Waals surface area contributed by atoms with E-state index in [0.29, 0.717) is 0 Å². The van der Waals surface area contributed by atoms with Gasteiger partial charge in [0.15, 0.2) is 0 Å². The fourth-order valence-corrected chi connectivity index (χ4v) is 1.81. The van der Waals surface area contributed by atoms with Gasteiger partial charge in [-0.1, -0.05) is 34.8 Å². The lowest BCUT2D eigenvalue weighted by molar-refractivity contribution is -0.461. The molecule has 0 unspecified atom stereocenters. The maximum Gasteiger partial charge on any atom is 0.473 e. The molecule has 0 aromatic heterocycles. The van der Waals surface area contributed by atoms with Gasteiger partial charge in [0.1, 0.15) is 0 Å². The molecule has 204 valence electrons. The average molecular weight is 609 g/mol. The zero-order chi connectivity index (χ0) is 28.2. The van der Waals surface area contributed by atoms with E-state index in [1.54, 1.807) is 0 Å². The third kappa shape index (κ3) is 5.59. The summed E-state index contributed by atoms with van der Waals surface area (Å²) in [6.07, 6.45) is -19.7. The molecule has 0 saturated heterocycles. The second-order valence-corrected chi connectivity index (χ2v) is 8.38. The number of esters is 1. The van der Waals surface area contributed by atoms with E-state index in [4.69, 9.17) is 0 Å². The van der Waals surface area contributed by atoms with Crippen molar-refractivity contribution >= 4 is 40.8 Å². The molecule has 0 saturated carbocycles. The van der Waals surface area contributed by atoms with E-state index < -0.39 is 70.4 Å². The topological polar surface area (TPSA) is 26.3 Å². The Labute approximate surface area is 190 Å². The van der Waals surface area contributed by atoms with Crippen LogP contribution in [0.25, 0.3) is 0 Å². The van der Waals surface area contributed by atoms with Crippen molar-refractivity contribution in [3.63, 3.8) is 0 Å². The van der Waals surface area contributed by atoms with Crippen molar-refractivity contribution in [2.45, 2.75) is 64.5 Å². The normalized spacial score (nSPS) is 16.0. The van der Waals surface area contributed by atoms with Gasteiger partial charge in [0.25, 0.3) is 3.79 Å². The number of alkyl halides is 20. The maximum absolute atomic E-state index is 13.5. The number of hydrogen-bond acceptors (Lipinski definition) is 2. The third-order valence-electron chi connectivity index (χ3n) is 3.58. The average Bonchev–Trinajstić information content (AvgIpc) is 2.57. The smallest absolute Gasteiger partial charge is 0.393 e. The molecule has 0 aliphatic carbocycles. The van der Waals surface area contributed by atoms with Crippen LogP contribution in [0.3, 0.4) is 0 Å². The first kappa shape index (κ1) is 33.1. The van der Waals surface area contributed by atoms with Gasteiger partial charge in [0.2, 0.25) is 0 Å². The number of halogens is 20. The molecular weight excluding hydrogens is 605 g/mol. The Hall–Kier alpha value is -0.850. The molecule has 0 aromatic rings. The molecule has 0 heterocycles. The van der Waals surface area contributed by atoms with Crippen molar-refractivity contribution in [1.29, 1.82) is 0 Å². The first-order valence-electron chi connectivity index (χ1n) is 7.35. The predicted octanol–water partition coefficient (Wildman–Crippen LogP) is 7.65. The summed E-state index contributed by atoms with van der Waals surface area (Å²) in [6.45, 7) is 0. The molecule has 0 amide bonds. The van der Waals surface area contributed by atoms with Crippen LogP contribution in [0.1, 0.15) is 12.8 Å². The first-order valence-corrected chi connectivity index (χ1v) is 8.48. The maximum atomic E-state index is 13.5. The first-order chi connectivity index (χ1) is 14.3. The van der Waals surface area contributed by atoms with Gasteiger partial charge in [-0.2, -0.15) is 74.6 Å². The summed E-state index contributed by atoms with van der Waals surface area (Å²) < 4.78 is 222. The number of hydrogen-bond donors (Lipinski definition) is 0. The van der Waals surface area contributed by atoms with E-state index >= 15 is 0 Å². The van der Waals surface area contributed by atoms with Gasteiger partial charge in [0.05, 0.1) is 0 Å². The summed E-state index contributed by atoms with van der Waals surface area (Å²) in [6, 6.07) is 0. The molecule has 0 atom stereocenters. The fourth-order valence-electron chi connectivity index (χ4n) is 1.70. The zero-order valence-corrected chi connectivity index (χ0v) is 17.1. The molecule has 2 nitrogen and oxygen atoms in total. The van der Waals surface area contributed by atoms with Crippen molar-refractivity contribution in [3.8, 4) is 0 Å². The molecule has 0 aliphatic heterocycles. The fraction of sp³-hybridized carbons (Fsp3) is 0.917. The van der Waals surface area contributed by atoms with Crippen molar-refractivity contribution < 1.29 is 84.2 Å². The predicted molar refractivity (Wildman–Crippen MR) is 76.3 cm³/mol. The standard InChI is InChI=1S/C12H4Cl3F17O2/c13-6(14,15)3(33)34-12(31,32)11(29,30)10(27,28)9(25,26)8(23,24)7(21,22)4(16,17)1-2-5(18,19)20/h1-2H2. The van der Waals surface area contributed by atoms with E-state index in [1.165, 1.54) is 0 Å². The van der Waals surface area contributed by atoms with Gasteiger partial charge in [-0.15, -0.1) is 0 Å². The van der Waals surface area contributed by atoms with E-state index in [2.05, 4.69) is 39.5 Å². The lowest BCUT2D eigenvalue weighted by Gasteiger charge is -2.42. The van der Waals surface area contributed by atoms with E-state index in [0.717, 1.165) is 0 Å². The third-order valence-corrected chi connectivity index (χ3v) is 4.04. The lowest BCUT2D eigenvalue weighted by Crippen LogP contribution is -2.73. The molecule has 0 bridgehead atoms. The highest BCUT2D eigenvalue weighted by Crippen LogP contribution is 2.63. The van der Waals surface area contributed by atoms with Gasteiger partial charge >= 0.3 is 53.8 Å². The van der Waals surface area contributed by atoms with Crippen LogP contribution in [0.4, 0.5) is 74.6 Å². The van der Waals surface area contributed by atoms with Crippen LogP contribution >= 0.6 is 34.8 Å². The monoisotopic (exact) mass is 608 g/mol. The molecule has 22 heteroatoms. The molecule has 34 heavy (non-hydrogen) atoms. The van der Waals surface area contributed by atoms with Crippen LogP contribution in [-0.2, 0) is 9.53 Å². The van der Waals surface area contributed by atoms with Crippen molar-refractivity contribution in [3.05, 3.63) is 0 Å². The summed E-state index contributed by atoms with van der Waals surface area (Å²) >= 11 is 13.6. The second-order valence-electron chi connectivity index (χ2n) is 6.10. The Bertz CT molecular complexity index is 756. The van der Waals surface area contributed by atoms with Gasteiger partial charge in [-0.3, -0.25) is 0 Å². The molecule has 0 N–H and O–H groups in total. The highest BCUT2D eigenvalue weighted by Gasteiger charge is 2.93. The van der Waals surface area contributed by atoms with Crippen LogP contribution in [0, 0.1) is 0 Å². The molecule has 0 spiro atoms. The molecule has 0 aromatic carbocycles. The molecule has 0 aliphatic rings. The van der Waals surface area contributed by atoms with E-state index in [-0.39, 0.29) is 0 Å². The van der Waals surface area contributed by atoms with Crippen LogP contribution in [0.15, 0.2) is 0 Å². The molecule has 0 radical (unpaired) electrons. The highest BCUT2D eigenvalue weighted by atomic mass is 35.6. The minimum atomic E-state index is -8.58.